The minimum atomic E-state index is -2.78. The van der Waals surface area contributed by atoms with Crippen molar-refractivity contribution in [1.29, 1.82) is 0 Å². The molecule has 0 aromatic heterocycles. The minimum absolute atomic E-state index is 0.162. The number of ether oxygens (including phenoxy) is 2. The smallest absolute Gasteiger partial charge is 0.261 e. The number of rotatable bonds is 11. The summed E-state index contributed by atoms with van der Waals surface area (Å²) in [6, 6.07) is 20.6. The maximum atomic E-state index is 12.7. The van der Waals surface area contributed by atoms with Gasteiger partial charge < -0.3 is 19.0 Å². The van der Waals surface area contributed by atoms with Gasteiger partial charge in [0.1, 0.15) is 6.10 Å². The number of carbonyl (C=O) groups is 1. The fourth-order valence-corrected chi connectivity index (χ4v) is 8.92. The Morgan fingerprint density at radius 1 is 1.00 bits per heavy atom. The first kappa shape index (κ1) is 27.0. The summed E-state index contributed by atoms with van der Waals surface area (Å²) in [6.07, 6.45) is -0.298. The number of ketones is 1. The molecule has 0 radical (unpaired) electrons. The van der Waals surface area contributed by atoms with Gasteiger partial charge in [0, 0.05) is 18.6 Å². The Labute approximate surface area is 199 Å². The number of benzene rings is 2. The maximum absolute atomic E-state index is 12.7. The van der Waals surface area contributed by atoms with E-state index >= 15 is 0 Å². The van der Waals surface area contributed by atoms with Crippen LogP contribution in [0.5, 0.6) is 0 Å². The Bertz CT molecular complexity index is 866. The maximum Gasteiger partial charge on any atom is 0.261 e. The third kappa shape index (κ3) is 6.01. The topological polar surface area (TPSA) is 65.0 Å². The predicted octanol–water partition coefficient (Wildman–Crippen LogP) is 3.69. The summed E-state index contributed by atoms with van der Waals surface area (Å²) in [5.41, 5.74) is 0.451. The molecular weight excluding hydrogens is 432 g/mol. The lowest BCUT2D eigenvalue weighted by Crippen LogP contribution is -2.67. The van der Waals surface area contributed by atoms with Crippen molar-refractivity contribution in [2.45, 2.75) is 51.9 Å². The molecule has 0 fully saturated rings. The molecular formula is C27H38O5Si. The van der Waals surface area contributed by atoms with Crippen LogP contribution in [0.15, 0.2) is 72.5 Å². The molecule has 1 N–H and O–H groups in total. The third-order valence-electron chi connectivity index (χ3n) is 6.17. The van der Waals surface area contributed by atoms with Gasteiger partial charge in [0.2, 0.25) is 0 Å². The van der Waals surface area contributed by atoms with Crippen molar-refractivity contribution in [3.63, 3.8) is 0 Å². The summed E-state index contributed by atoms with van der Waals surface area (Å²) in [5.74, 6) is -0.846. The molecule has 3 atom stereocenters. The molecule has 2 aromatic rings. The zero-order valence-corrected chi connectivity index (χ0v) is 21.9. The van der Waals surface area contributed by atoms with Gasteiger partial charge in [-0.15, -0.1) is 0 Å². The molecule has 180 valence electrons. The van der Waals surface area contributed by atoms with Crippen LogP contribution in [0.1, 0.15) is 34.6 Å². The van der Waals surface area contributed by atoms with Crippen molar-refractivity contribution < 1.29 is 23.8 Å². The molecule has 0 amide bonds. The Kier molecular flexibility index (Phi) is 9.61. The molecule has 2 aromatic carbocycles. The molecule has 2 rings (SSSR count). The molecule has 0 aliphatic heterocycles. The van der Waals surface area contributed by atoms with Crippen LogP contribution in [0.4, 0.5) is 0 Å². The van der Waals surface area contributed by atoms with E-state index in [2.05, 4.69) is 45.0 Å². The largest absolute Gasteiger partial charge is 0.504 e. The van der Waals surface area contributed by atoms with Crippen LogP contribution >= 0.6 is 0 Å². The predicted molar refractivity (Wildman–Crippen MR) is 135 cm³/mol. The van der Waals surface area contributed by atoms with E-state index in [9.17, 15) is 9.90 Å². The highest BCUT2D eigenvalue weighted by atomic mass is 28.4. The number of aliphatic hydroxyl groups is 1. The van der Waals surface area contributed by atoms with Crippen molar-refractivity contribution in [3.8, 4) is 0 Å². The van der Waals surface area contributed by atoms with Gasteiger partial charge in [0.15, 0.2) is 5.78 Å². The average molecular weight is 471 g/mol. The van der Waals surface area contributed by atoms with Gasteiger partial charge >= 0.3 is 0 Å². The van der Waals surface area contributed by atoms with Crippen molar-refractivity contribution >= 4 is 24.5 Å². The average Bonchev–Trinajstić information content (AvgIpc) is 2.81. The highest BCUT2D eigenvalue weighted by molar-refractivity contribution is 6.99. The number of carbonyl (C=O) groups excluding carboxylic acids is 1. The van der Waals surface area contributed by atoms with E-state index in [0.29, 0.717) is 5.57 Å². The van der Waals surface area contributed by atoms with E-state index in [1.165, 1.54) is 20.5 Å². The van der Waals surface area contributed by atoms with E-state index in [1.807, 2.05) is 36.4 Å². The highest BCUT2D eigenvalue weighted by Crippen LogP contribution is 2.37. The fraction of sp³-hybridized carbons (Fsp3) is 0.444. The van der Waals surface area contributed by atoms with Crippen molar-refractivity contribution in [2.75, 3.05) is 20.8 Å². The minimum Gasteiger partial charge on any atom is -0.504 e. The van der Waals surface area contributed by atoms with E-state index in [0.717, 1.165) is 10.4 Å². The van der Waals surface area contributed by atoms with Crippen LogP contribution in [-0.4, -0.2) is 52.2 Å². The number of aliphatic hydroxyl groups excluding tert-OH is 1. The van der Waals surface area contributed by atoms with Crippen molar-refractivity contribution in [3.05, 3.63) is 72.5 Å². The van der Waals surface area contributed by atoms with E-state index < -0.39 is 26.4 Å². The Morgan fingerprint density at radius 2 is 1.48 bits per heavy atom. The second kappa shape index (κ2) is 11.7. The Morgan fingerprint density at radius 3 is 1.88 bits per heavy atom. The lowest BCUT2D eigenvalue weighted by molar-refractivity contribution is -0.127. The molecule has 5 nitrogen and oxygen atoms in total. The molecule has 0 saturated carbocycles. The molecule has 0 aliphatic carbocycles. The van der Waals surface area contributed by atoms with Gasteiger partial charge in [0.25, 0.3) is 8.32 Å². The second-order valence-electron chi connectivity index (χ2n) is 9.43. The first-order valence-corrected chi connectivity index (χ1v) is 13.2. The summed E-state index contributed by atoms with van der Waals surface area (Å²) in [7, 11) is 0.255. The molecule has 6 heteroatoms. The van der Waals surface area contributed by atoms with Crippen LogP contribution in [-0.2, 0) is 18.7 Å². The summed E-state index contributed by atoms with van der Waals surface area (Å²) < 4.78 is 17.5. The van der Waals surface area contributed by atoms with Crippen LogP contribution in [0.25, 0.3) is 0 Å². The summed E-state index contributed by atoms with van der Waals surface area (Å²) in [4.78, 5) is 12.7. The molecule has 0 aliphatic rings. The van der Waals surface area contributed by atoms with Gasteiger partial charge in [-0.1, -0.05) is 88.4 Å². The number of Topliss-reactive ketones (excluding diaryl/α,β-unsaturated/α-hetero) is 1. The number of methoxy groups -OCH3 is 2. The number of allylic oxidation sites excluding steroid dienone is 1. The standard InChI is InChI=1S/C27H38O5Si/c1-20(18-30-6)25(28)21(2)26(29)24(31-7)19-32-33(27(3,4)5,22-14-10-8-11-15-22)23-16-12-9-13-17-23/h8-18,21,24,26,29H,19H2,1-7H3/b20-18+/t21-,24+,26+/m1/s1. The van der Waals surface area contributed by atoms with Gasteiger partial charge in [-0.3, -0.25) is 4.79 Å². The Balaban J connectivity index is 2.42. The summed E-state index contributed by atoms with van der Waals surface area (Å²) in [5, 5.41) is 13.1. The zero-order chi connectivity index (χ0) is 24.6. The summed E-state index contributed by atoms with van der Waals surface area (Å²) in [6.45, 7) is 10.1. The van der Waals surface area contributed by atoms with Gasteiger partial charge in [-0.2, -0.15) is 0 Å². The zero-order valence-electron chi connectivity index (χ0n) is 20.9. The first-order chi connectivity index (χ1) is 15.6. The molecule has 33 heavy (non-hydrogen) atoms. The lowest BCUT2D eigenvalue weighted by Gasteiger charge is -2.44. The Hall–Kier alpha value is -2.25. The van der Waals surface area contributed by atoms with E-state index in [-0.39, 0.29) is 17.4 Å². The lowest BCUT2D eigenvalue weighted by atomic mass is 9.92. The van der Waals surface area contributed by atoms with Gasteiger partial charge in [0.05, 0.1) is 26.1 Å². The molecule has 0 heterocycles. The van der Waals surface area contributed by atoms with Crippen LogP contribution in [0.2, 0.25) is 5.04 Å². The van der Waals surface area contributed by atoms with Crippen molar-refractivity contribution in [1.82, 2.24) is 0 Å². The normalized spacial score (nSPS) is 15.6. The summed E-state index contributed by atoms with van der Waals surface area (Å²) >= 11 is 0. The number of hydrogen-bond donors (Lipinski definition) is 1. The van der Waals surface area contributed by atoms with Crippen LogP contribution in [0.3, 0.4) is 0 Å². The first-order valence-electron chi connectivity index (χ1n) is 11.3. The number of hydrogen-bond acceptors (Lipinski definition) is 5. The molecule has 0 unspecified atom stereocenters. The quantitative estimate of drug-likeness (QED) is 0.308. The molecule has 0 bridgehead atoms. The monoisotopic (exact) mass is 470 g/mol. The third-order valence-corrected chi connectivity index (χ3v) is 11.2. The van der Waals surface area contributed by atoms with Gasteiger partial charge in [-0.25, -0.2) is 0 Å². The van der Waals surface area contributed by atoms with Crippen LogP contribution in [0, 0.1) is 5.92 Å². The van der Waals surface area contributed by atoms with Crippen LogP contribution < -0.4 is 10.4 Å². The second-order valence-corrected chi connectivity index (χ2v) is 13.7. The highest BCUT2D eigenvalue weighted by Gasteiger charge is 2.50. The SMILES string of the molecule is CO/C=C(\C)C(=O)[C@@H](C)[C@H](O)[C@H](CO[Si](c1ccccc1)(c1ccccc1)C(C)(C)C)OC. The molecule has 0 spiro atoms. The molecule has 0 saturated heterocycles. The van der Waals surface area contributed by atoms with Gasteiger partial charge in [-0.05, 0) is 22.3 Å². The van der Waals surface area contributed by atoms with E-state index in [4.69, 9.17) is 13.9 Å². The fourth-order valence-electron chi connectivity index (χ4n) is 4.35. The van der Waals surface area contributed by atoms with E-state index in [1.54, 1.807) is 13.8 Å². The van der Waals surface area contributed by atoms with Crippen molar-refractivity contribution in [2.24, 2.45) is 5.92 Å².